The predicted octanol–water partition coefficient (Wildman–Crippen LogP) is 2.31. The van der Waals surface area contributed by atoms with Crippen molar-refractivity contribution in [1.82, 2.24) is 5.32 Å². The maximum Gasteiger partial charge on any atom is 0.408 e. The van der Waals surface area contributed by atoms with E-state index in [0.717, 1.165) is 5.56 Å². The Labute approximate surface area is 113 Å². The molecule has 5 nitrogen and oxygen atoms in total. The van der Waals surface area contributed by atoms with E-state index in [0.29, 0.717) is 13.0 Å². The van der Waals surface area contributed by atoms with Gasteiger partial charge in [-0.3, -0.25) is 0 Å². The van der Waals surface area contributed by atoms with Crippen molar-refractivity contribution in [3.8, 4) is 5.75 Å². The highest BCUT2D eigenvalue weighted by atomic mass is 16.6. The lowest BCUT2D eigenvalue weighted by Gasteiger charge is -2.23. The van der Waals surface area contributed by atoms with Crippen LogP contribution in [0, 0.1) is 0 Å². The number of ether oxygens (including phenoxy) is 1. The first-order chi connectivity index (χ1) is 8.81. The molecule has 1 aromatic rings. The van der Waals surface area contributed by atoms with Crippen molar-refractivity contribution < 1.29 is 14.6 Å². The molecule has 0 saturated heterocycles. The Morgan fingerprint density at radius 3 is 2.68 bits per heavy atom. The molecule has 0 aliphatic rings. The Balaban J connectivity index is 2.76. The van der Waals surface area contributed by atoms with E-state index in [4.69, 9.17) is 10.5 Å². The van der Waals surface area contributed by atoms with Crippen LogP contribution in [-0.4, -0.2) is 23.3 Å². The van der Waals surface area contributed by atoms with E-state index in [2.05, 4.69) is 5.32 Å². The maximum atomic E-state index is 11.8. The van der Waals surface area contributed by atoms with Gasteiger partial charge in [-0.1, -0.05) is 12.1 Å². The van der Waals surface area contributed by atoms with Crippen LogP contribution in [0.25, 0.3) is 0 Å². The summed E-state index contributed by atoms with van der Waals surface area (Å²) in [6.07, 6.45) is 0.0807. The standard InChI is InChI=1S/C14H22N2O3/c1-14(2,3)19-13(18)16-12(7-8-15)10-5-4-6-11(17)9-10/h4-6,9,12,17H,7-8,15H2,1-3H3,(H,16,18). The summed E-state index contributed by atoms with van der Waals surface area (Å²) in [5, 5.41) is 12.2. The van der Waals surface area contributed by atoms with Gasteiger partial charge < -0.3 is 20.9 Å². The molecule has 4 N–H and O–H groups in total. The number of phenols is 1. The second-order valence-electron chi connectivity index (χ2n) is 5.37. The fourth-order valence-corrected chi connectivity index (χ4v) is 1.68. The number of rotatable bonds is 4. The van der Waals surface area contributed by atoms with Crippen molar-refractivity contribution in [1.29, 1.82) is 0 Å². The minimum Gasteiger partial charge on any atom is -0.508 e. The third-order valence-corrected chi connectivity index (χ3v) is 2.42. The molecule has 0 heterocycles. The van der Waals surface area contributed by atoms with Crippen LogP contribution in [0.1, 0.15) is 38.8 Å². The van der Waals surface area contributed by atoms with Gasteiger partial charge in [-0.25, -0.2) is 4.79 Å². The van der Waals surface area contributed by atoms with Crippen LogP contribution >= 0.6 is 0 Å². The highest BCUT2D eigenvalue weighted by molar-refractivity contribution is 5.68. The number of hydrogen-bond acceptors (Lipinski definition) is 4. The highest BCUT2D eigenvalue weighted by Gasteiger charge is 2.20. The highest BCUT2D eigenvalue weighted by Crippen LogP contribution is 2.21. The molecule has 0 spiro atoms. The molecule has 1 atom stereocenters. The Morgan fingerprint density at radius 1 is 1.47 bits per heavy atom. The number of phenolic OH excluding ortho intramolecular Hbond substituents is 1. The number of carbonyl (C=O) groups is 1. The summed E-state index contributed by atoms with van der Waals surface area (Å²) in [6.45, 7) is 5.84. The van der Waals surface area contributed by atoms with Gasteiger partial charge in [0, 0.05) is 0 Å². The topological polar surface area (TPSA) is 84.6 Å². The lowest BCUT2D eigenvalue weighted by atomic mass is 10.0. The van der Waals surface area contributed by atoms with Gasteiger partial charge in [0.2, 0.25) is 0 Å². The van der Waals surface area contributed by atoms with E-state index in [1.807, 2.05) is 6.07 Å². The molecule has 0 aromatic heterocycles. The van der Waals surface area contributed by atoms with Gasteiger partial charge in [0.15, 0.2) is 0 Å². The number of aromatic hydroxyl groups is 1. The minimum absolute atomic E-state index is 0.158. The second kappa shape index (κ2) is 6.43. The summed E-state index contributed by atoms with van der Waals surface area (Å²) in [4.78, 5) is 11.8. The van der Waals surface area contributed by atoms with Gasteiger partial charge in [0.25, 0.3) is 0 Å². The van der Waals surface area contributed by atoms with Crippen molar-refractivity contribution in [3.63, 3.8) is 0 Å². The van der Waals surface area contributed by atoms with E-state index in [9.17, 15) is 9.90 Å². The van der Waals surface area contributed by atoms with E-state index in [1.165, 1.54) is 0 Å². The van der Waals surface area contributed by atoms with E-state index in [-0.39, 0.29) is 11.8 Å². The predicted molar refractivity (Wildman–Crippen MR) is 73.9 cm³/mol. The van der Waals surface area contributed by atoms with Crippen LogP contribution in [-0.2, 0) is 4.74 Å². The third kappa shape index (κ3) is 5.61. The zero-order valence-electron chi connectivity index (χ0n) is 11.6. The van der Waals surface area contributed by atoms with Gasteiger partial charge in [-0.2, -0.15) is 0 Å². The van der Waals surface area contributed by atoms with E-state index >= 15 is 0 Å². The summed E-state index contributed by atoms with van der Waals surface area (Å²) in [6, 6.07) is 6.48. The molecular weight excluding hydrogens is 244 g/mol. The average molecular weight is 266 g/mol. The van der Waals surface area contributed by atoms with Crippen molar-refractivity contribution in [2.45, 2.75) is 38.8 Å². The Hall–Kier alpha value is -1.75. The van der Waals surface area contributed by atoms with Crippen LogP contribution in [0.3, 0.4) is 0 Å². The van der Waals surface area contributed by atoms with Gasteiger partial charge in [-0.15, -0.1) is 0 Å². The molecule has 5 heteroatoms. The van der Waals surface area contributed by atoms with Crippen LogP contribution in [0.5, 0.6) is 5.75 Å². The fraction of sp³-hybridized carbons (Fsp3) is 0.500. The number of nitrogens with one attached hydrogen (secondary N) is 1. The van der Waals surface area contributed by atoms with Crippen LogP contribution in [0.2, 0.25) is 0 Å². The maximum absolute atomic E-state index is 11.8. The lowest BCUT2D eigenvalue weighted by molar-refractivity contribution is 0.0501. The van der Waals surface area contributed by atoms with Crippen LogP contribution in [0.4, 0.5) is 4.79 Å². The smallest absolute Gasteiger partial charge is 0.408 e. The summed E-state index contributed by atoms with van der Waals surface area (Å²) < 4.78 is 5.21. The number of benzene rings is 1. The molecule has 0 aliphatic carbocycles. The van der Waals surface area contributed by atoms with Crippen LogP contribution < -0.4 is 11.1 Å². The first-order valence-corrected chi connectivity index (χ1v) is 6.30. The average Bonchev–Trinajstić information content (AvgIpc) is 2.26. The van der Waals surface area contributed by atoms with E-state index < -0.39 is 11.7 Å². The number of hydrogen-bond donors (Lipinski definition) is 3. The molecule has 0 saturated carbocycles. The van der Waals surface area contributed by atoms with Gasteiger partial charge in [-0.05, 0) is 51.4 Å². The van der Waals surface area contributed by atoms with Gasteiger partial charge >= 0.3 is 6.09 Å². The van der Waals surface area contributed by atoms with Crippen molar-refractivity contribution in [2.75, 3.05) is 6.54 Å². The Morgan fingerprint density at radius 2 is 2.16 bits per heavy atom. The van der Waals surface area contributed by atoms with Gasteiger partial charge in [0.05, 0.1) is 6.04 Å². The summed E-state index contributed by atoms with van der Waals surface area (Å²) in [5.74, 6) is 0.158. The number of amides is 1. The zero-order chi connectivity index (χ0) is 14.5. The zero-order valence-corrected chi connectivity index (χ0v) is 11.6. The molecule has 1 aromatic carbocycles. The molecule has 0 aliphatic heterocycles. The Bertz CT molecular complexity index is 427. The third-order valence-electron chi connectivity index (χ3n) is 2.42. The lowest BCUT2D eigenvalue weighted by Crippen LogP contribution is -2.35. The Kier molecular flexibility index (Phi) is 5.18. The van der Waals surface area contributed by atoms with Crippen molar-refractivity contribution in [3.05, 3.63) is 29.8 Å². The summed E-state index contributed by atoms with van der Waals surface area (Å²) in [7, 11) is 0. The normalized spacial score (nSPS) is 12.8. The summed E-state index contributed by atoms with van der Waals surface area (Å²) in [5.41, 5.74) is 5.81. The van der Waals surface area contributed by atoms with Gasteiger partial charge in [0.1, 0.15) is 11.4 Å². The second-order valence-corrected chi connectivity index (χ2v) is 5.37. The first-order valence-electron chi connectivity index (χ1n) is 6.30. The van der Waals surface area contributed by atoms with Crippen molar-refractivity contribution >= 4 is 6.09 Å². The quantitative estimate of drug-likeness (QED) is 0.780. The molecule has 0 fully saturated rings. The molecule has 0 bridgehead atoms. The molecule has 1 rings (SSSR count). The van der Waals surface area contributed by atoms with Crippen molar-refractivity contribution in [2.24, 2.45) is 5.73 Å². The van der Waals surface area contributed by atoms with Crippen LogP contribution in [0.15, 0.2) is 24.3 Å². The molecule has 19 heavy (non-hydrogen) atoms. The molecule has 1 unspecified atom stereocenters. The summed E-state index contributed by atoms with van der Waals surface area (Å²) >= 11 is 0. The molecule has 106 valence electrons. The number of nitrogens with two attached hydrogens (primary N) is 1. The molecular formula is C14H22N2O3. The number of alkyl carbamates (subject to hydrolysis) is 1. The van der Waals surface area contributed by atoms with E-state index in [1.54, 1.807) is 39.0 Å². The molecule has 0 radical (unpaired) electrons. The fourth-order valence-electron chi connectivity index (χ4n) is 1.68. The number of carbonyl (C=O) groups excluding carboxylic acids is 1. The SMILES string of the molecule is CC(C)(C)OC(=O)NC(CCN)c1cccc(O)c1. The monoisotopic (exact) mass is 266 g/mol. The first kappa shape index (κ1) is 15.3. The minimum atomic E-state index is -0.545. The molecule has 1 amide bonds. The largest absolute Gasteiger partial charge is 0.508 e.